The Balaban J connectivity index is 2.07. The minimum Gasteiger partial charge on any atom is -0.247 e. The van der Waals surface area contributed by atoms with Crippen molar-refractivity contribution in [3.8, 4) is 21.7 Å². The predicted octanol–water partition coefficient (Wildman–Crippen LogP) is 6.94. The van der Waals surface area contributed by atoms with E-state index in [1.807, 2.05) is 48.5 Å². The first kappa shape index (κ1) is 14.7. The Labute approximate surface area is 148 Å². The van der Waals surface area contributed by atoms with Gasteiger partial charge < -0.3 is 0 Å². The van der Waals surface area contributed by atoms with Crippen LogP contribution in [0.15, 0.2) is 66.0 Å². The third-order valence-electron chi connectivity index (χ3n) is 3.71. The van der Waals surface area contributed by atoms with Crippen LogP contribution in [0.3, 0.4) is 0 Å². The van der Waals surface area contributed by atoms with Crippen LogP contribution in [0.2, 0.25) is 10.0 Å². The van der Waals surface area contributed by atoms with Crippen LogP contribution < -0.4 is 0 Å². The number of benzene rings is 2. The van der Waals surface area contributed by atoms with E-state index in [-0.39, 0.29) is 0 Å². The molecule has 0 bridgehead atoms. The lowest BCUT2D eigenvalue weighted by Crippen LogP contribution is -1.89. The summed E-state index contributed by atoms with van der Waals surface area (Å²) in [5.41, 5.74) is 3.90. The number of hydrogen-bond donors (Lipinski definition) is 0. The summed E-state index contributed by atoms with van der Waals surface area (Å²) in [6.07, 6.45) is 0. The Hall–Kier alpha value is -1.87. The Morgan fingerprint density at radius 3 is 2.48 bits per heavy atom. The van der Waals surface area contributed by atoms with Gasteiger partial charge in [0.15, 0.2) is 0 Å². The Morgan fingerprint density at radius 2 is 1.70 bits per heavy atom. The van der Waals surface area contributed by atoms with Crippen LogP contribution in [-0.4, -0.2) is 4.98 Å². The smallest absolute Gasteiger partial charge is 0.0815 e. The maximum atomic E-state index is 6.43. The molecule has 0 N–H and O–H groups in total. The van der Waals surface area contributed by atoms with Gasteiger partial charge in [0.25, 0.3) is 0 Å². The number of aromatic nitrogens is 1. The largest absolute Gasteiger partial charge is 0.247 e. The number of nitrogens with zero attached hydrogens (tertiary/aromatic N) is 1. The second-order valence-electron chi connectivity index (χ2n) is 5.17. The van der Waals surface area contributed by atoms with Gasteiger partial charge in [0, 0.05) is 21.0 Å². The molecule has 4 aromatic rings. The van der Waals surface area contributed by atoms with E-state index in [4.69, 9.17) is 28.2 Å². The number of fused-ring (bicyclic) bond motifs is 1. The lowest BCUT2D eigenvalue weighted by molar-refractivity contribution is 1.42. The normalized spacial score (nSPS) is 11.0. The molecule has 4 rings (SSSR count). The zero-order valence-electron chi connectivity index (χ0n) is 12.0. The number of halogens is 2. The summed E-state index contributed by atoms with van der Waals surface area (Å²) in [5, 5.41) is 4.47. The molecule has 0 aliphatic carbocycles. The van der Waals surface area contributed by atoms with E-state index in [1.165, 1.54) is 0 Å². The van der Waals surface area contributed by atoms with Crippen molar-refractivity contribution in [2.75, 3.05) is 0 Å². The second kappa shape index (κ2) is 5.97. The molecule has 0 saturated heterocycles. The van der Waals surface area contributed by atoms with Crippen molar-refractivity contribution in [1.82, 2.24) is 4.98 Å². The fourth-order valence-electron chi connectivity index (χ4n) is 2.65. The van der Waals surface area contributed by atoms with Crippen molar-refractivity contribution in [3.63, 3.8) is 0 Å². The van der Waals surface area contributed by atoms with Gasteiger partial charge in [-0.05, 0) is 47.3 Å². The van der Waals surface area contributed by atoms with Gasteiger partial charge in [-0.1, -0.05) is 47.5 Å². The molecule has 0 aliphatic heterocycles. The maximum Gasteiger partial charge on any atom is 0.0815 e. The Kier molecular flexibility index (Phi) is 3.82. The van der Waals surface area contributed by atoms with E-state index >= 15 is 0 Å². The number of thiophene rings is 1. The number of rotatable bonds is 2. The minimum absolute atomic E-state index is 0.691. The van der Waals surface area contributed by atoms with E-state index in [0.29, 0.717) is 5.02 Å². The minimum atomic E-state index is 0.691. The topological polar surface area (TPSA) is 12.9 Å². The first-order chi connectivity index (χ1) is 11.2. The lowest BCUT2D eigenvalue weighted by atomic mass is 9.99. The first-order valence-corrected chi connectivity index (χ1v) is 8.75. The van der Waals surface area contributed by atoms with Crippen molar-refractivity contribution < 1.29 is 0 Å². The highest BCUT2D eigenvalue weighted by Gasteiger charge is 2.12. The molecule has 112 valence electrons. The summed E-state index contributed by atoms with van der Waals surface area (Å²) in [6, 6.07) is 19.8. The van der Waals surface area contributed by atoms with E-state index < -0.39 is 0 Å². The van der Waals surface area contributed by atoms with Crippen LogP contribution in [-0.2, 0) is 0 Å². The quantitative estimate of drug-likeness (QED) is 0.379. The molecule has 2 aromatic carbocycles. The van der Waals surface area contributed by atoms with Crippen LogP contribution >= 0.6 is 34.5 Å². The molecule has 0 amide bonds. The molecule has 0 atom stereocenters. The van der Waals surface area contributed by atoms with Gasteiger partial charge in [-0.2, -0.15) is 0 Å². The van der Waals surface area contributed by atoms with Gasteiger partial charge in [0.1, 0.15) is 0 Å². The molecule has 0 saturated carbocycles. The van der Waals surface area contributed by atoms with Crippen LogP contribution in [0, 0.1) is 0 Å². The molecule has 2 heterocycles. The first-order valence-electron chi connectivity index (χ1n) is 7.11. The van der Waals surface area contributed by atoms with Crippen LogP contribution in [0.25, 0.3) is 32.6 Å². The Morgan fingerprint density at radius 1 is 0.826 bits per heavy atom. The molecule has 0 unspecified atom stereocenters. The molecule has 23 heavy (non-hydrogen) atoms. The molecule has 2 aromatic heterocycles. The molecular formula is C19H11Cl2NS. The highest BCUT2D eigenvalue weighted by Crippen LogP contribution is 2.37. The summed E-state index contributed by atoms with van der Waals surface area (Å²) in [4.78, 5) is 5.92. The predicted molar refractivity (Wildman–Crippen MR) is 101 cm³/mol. The second-order valence-corrected chi connectivity index (χ2v) is 6.97. The molecule has 0 aliphatic rings. The standard InChI is InChI=1S/C19H11Cl2NS/c20-12-7-8-17-15(10-12)14(13-4-1-2-5-16(13)21)11-18(22-17)19-6-3-9-23-19/h1-11H. The van der Waals surface area contributed by atoms with Crippen molar-refractivity contribution in [3.05, 3.63) is 76.1 Å². The van der Waals surface area contributed by atoms with Gasteiger partial charge in [-0.25, -0.2) is 4.98 Å². The van der Waals surface area contributed by atoms with E-state index in [0.717, 1.165) is 37.6 Å². The Bertz CT molecular complexity index is 994. The third-order valence-corrected chi connectivity index (χ3v) is 5.17. The molecular weight excluding hydrogens is 345 g/mol. The molecule has 0 radical (unpaired) electrons. The van der Waals surface area contributed by atoms with Gasteiger partial charge in [0.05, 0.1) is 16.1 Å². The van der Waals surface area contributed by atoms with E-state index in [9.17, 15) is 0 Å². The lowest BCUT2D eigenvalue weighted by Gasteiger charge is -2.11. The van der Waals surface area contributed by atoms with Gasteiger partial charge in [0.2, 0.25) is 0 Å². The summed E-state index contributed by atoms with van der Waals surface area (Å²) in [6.45, 7) is 0. The van der Waals surface area contributed by atoms with Gasteiger partial charge in [-0.3, -0.25) is 0 Å². The van der Waals surface area contributed by atoms with Crippen molar-refractivity contribution >= 4 is 45.4 Å². The zero-order chi connectivity index (χ0) is 15.8. The van der Waals surface area contributed by atoms with Crippen LogP contribution in [0.4, 0.5) is 0 Å². The highest BCUT2D eigenvalue weighted by molar-refractivity contribution is 7.13. The van der Waals surface area contributed by atoms with E-state index in [1.54, 1.807) is 11.3 Å². The molecule has 0 spiro atoms. The monoisotopic (exact) mass is 355 g/mol. The average Bonchev–Trinajstić information content (AvgIpc) is 3.09. The molecule has 0 fully saturated rings. The highest BCUT2D eigenvalue weighted by atomic mass is 35.5. The van der Waals surface area contributed by atoms with Crippen LogP contribution in [0.1, 0.15) is 0 Å². The zero-order valence-corrected chi connectivity index (χ0v) is 14.3. The average molecular weight is 356 g/mol. The van der Waals surface area contributed by atoms with Gasteiger partial charge >= 0.3 is 0 Å². The fraction of sp³-hybridized carbons (Fsp3) is 0. The summed E-state index contributed by atoms with van der Waals surface area (Å²) in [5.74, 6) is 0. The summed E-state index contributed by atoms with van der Waals surface area (Å²) >= 11 is 14.3. The summed E-state index contributed by atoms with van der Waals surface area (Å²) < 4.78 is 0. The SMILES string of the molecule is Clc1ccc2nc(-c3cccs3)cc(-c3ccccc3Cl)c2c1. The van der Waals surface area contributed by atoms with Crippen molar-refractivity contribution in [2.45, 2.75) is 0 Å². The van der Waals surface area contributed by atoms with Gasteiger partial charge in [-0.15, -0.1) is 11.3 Å². The number of hydrogen-bond acceptors (Lipinski definition) is 2. The fourth-order valence-corrected chi connectivity index (χ4v) is 3.75. The maximum absolute atomic E-state index is 6.43. The van der Waals surface area contributed by atoms with Crippen molar-refractivity contribution in [2.24, 2.45) is 0 Å². The number of pyridine rings is 1. The molecule has 4 heteroatoms. The summed E-state index contributed by atoms with van der Waals surface area (Å²) in [7, 11) is 0. The van der Waals surface area contributed by atoms with E-state index in [2.05, 4.69) is 17.5 Å². The third kappa shape index (κ3) is 2.74. The van der Waals surface area contributed by atoms with Crippen LogP contribution in [0.5, 0.6) is 0 Å². The van der Waals surface area contributed by atoms with Crippen molar-refractivity contribution in [1.29, 1.82) is 0 Å². The molecule has 1 nitrogen and oxygen atoms in total.